The number of rotatable bonds is 5. The van der Waals surface area contributed by atoms with Gasteiger partial charge < -0.3 is 9.30 Å². The number of carbonyl (C=O) groups is 1. The van der Waals surface area contributed by atoms with Crippen molar-refractivity contribution in [3.8, 4) is 11.4 Å². The van der Waals surface area contributed by atoms with E-state index in [9.17, 15) is 4.79 Å². The van der Waals surface area contributed by atoms with E-state index in [1.165, 1.54) is 12.0 Å². The van der Waals surface area contributed by atoms with Crippen LogP contribution in [0.5, 0.6) is 0 Å². The van der Waals surface area contributed by atoms with E-state index in [1.54, 1.807) is 0 Å². The van der Waals surface area contributed by atoms with E-state index in [4.69, 9.17) is 9.72 Å². The first-order valence-electron chi connectivity index (χ1n) is 11.1. The summed E-state index contributed by atoms with van der Waals surface area (Å²) >= 11 is 0. The Morgan fingerprint density at radius 2 is 1.87 bits per heavy atom. The lowest BCUT2D eigenvalue weighted by Crippen LogP contribution is -2.36. The van der Waals surface area contributed by atoms with Gasteiger partial charge in [0.2, 0.25) is 0 Å². The summed E-state index contributed by atoms with van der Waals surface area (Å²) in [5, 5.41) is 0. The Morgan fingerprint density at radius 3 is 2.60 bits per heavy atom. The molecule has 4 heteroatoms. The van der Waals surface area contributed by atoms with Crippen LogP contribution in [0.15, 0.2) is 48.5 Å². The van der Waals surface area contributed by atoms with Gasteiger partial charge in [-0.25, -0.2) is 4.98 Å². The highest BCUT2D eigenvalue weighted by molar-refractivity contribution is 5.83. The Labute approximate surface area is 179 Å². The average molecular weight is 405 g/mol. The van der Waals surface area contributed by atoms with E-state index in [1.807, 2.05) is 28.8 Å². The summed E-state index contributed by atoms with van der Waals surface area (Å²) < 4.78 is 8.08. The first-order chi connectivity index (χ1) is 14.4. The van der Waals surface area contributed by atoms with Gasteiger partial charge in [0.1, 0.15) is 18.5 Å². The molecule has 3 aromatic rings. The SMILES string of the molecule is Cc1ccc(-c2nc3ccccc3n2CC(=O)O[C@@H]2C[C@H](C)CCC2C(C)C)cc1. The van der Waals surface area contributed by atoms with Gasteiger partial charge in [0, 0.05) is 5.56 Å². The van der Waals surface area contributed by atoms with Gasteiger partial charge in [-0.15, -0.1) is 0 Å². The number of hydrogen-bond donors (Lipinski definition) is 0. The molecule has 1 heterocycles. The van der Waals surface area contributed by atoms with Crippen LogP contribution in [-0.4, -0.2) is 21.6 Å². The fraction of sp³-hybridized carbons (Fsp3) is 0.462. The zero-order valence-corrected chi connectivity index (χ0v) is 18.5. The van der Waals surface area contributed by atoms with Crippen LogP contribution in [0.3, 0.4) is 0 Å². The number of benzene rings is 2. The minimum absolute atomic E-state index is 0.0128. The molecule has 158 valence electrons. The number of aryl methyl sites for hydroxylation is 1. The number of hydrogen-bond acceptors (Lipinski definition) is 3. The number of fused-ring (bicyclic) bond motifs is 1. The molecule has 0 N–H and O–H groups in total. The average Bonchev–Trinajstić information content (AvgIpc) is 3.07. The highest BCUT2D eigenvalue weighted by Gasteiger charge is 2.33. The van der Waals surface area contributed by atoms with Gasteiger partial charge in [-0.1, -0.05) is 69.2 Å². The van der Waals surface area contributed by atoms with Crippen molar-refractivity contribution in [2.24, 2.45) is 17.8 Å². The molecule has 0 amide bonds. The molecule has 1 aliphatic carbocycles. The monoisotopic (exact) mass is 404 g/mol. The van der Waals surface area contributed by atoms with Crippen LogP contribution in [0.25, 0.3) is 22.4 Å². The Bertz CT molecular complexity index is 1020. The van der Waals surface area contributed by atoms with E-state index in [2.05, 4.69) is 52.0 Å². The van der Waals surface area contributed by atoms with E-state index in [-0.39, 0.29) is 18.6 Å². The topological polar surface area (TPSA) is 44.1 Å². The van der Waals surface area contributed by atoms with Gasteiger partial charge in [-0.05, 0) is 49.7 Å². The largest absolute Gasteiger partial charge is 0.461 e. The molecule has 4 nitrogen and oxygen atoms in total. The molecule has 3 atom stereocenters. The standard InChI is InChI=1S/C26H32N2O2/c1-17(2)21-14-11-19(4)15-24(21)30-25(29)16-28-23-8-6-5-7-22(23)27-26(28)20-12-9-18(3)10-13-20/h5-10,12-13,17,19,21,24H,11,14-16H2,1-4H3/t19-,21?,24-/m1/s1. The lowest BCUT2D eigenvalue weighted by molar-refractivity contribution is -0.156. The van der Waals surface area contributed by atoms with E-state index in [0.717, 1.165) is 35.3 Å². The van der Waals surface area contributed by atoms with Crippen LogP contribution < -0.4 is 0 Å². The molecule has 1 aromatic heterocycles. The van der Waals surface area contributed by atoms with Gasteiger partial charge in [-0.3, -0.25) is 4.79 Å². The van der Waals surface area contributed by atoms with Crippen LogP contribution in [0.1, 0.15) is 45.6 Å². The van der Waals surface area contributed by atoms with Crippen LogP contribution in [0.4, 0.5) is 0 Å². The Kier molecular flexibility index (Phi) is 5.94. The highest BCUT2D eigenvalue weighted by atomic mass is 16.5. The zero-order valence-electron chi connectivity index (χ0n) is 18.5. The van der Waals surface area contributed by atoms with Gasteiger partial charge in [0.15, 0.2) is 0 Å². The van der Waals surface area contributed by atoms with Crippen molar-refractivity contribution in [1.82, 2.24) is 9.55 Å². The van der Waals surface area contributed by atoms with Crippen LogP contribution >= 0.6 is 0 Å². The number of esters is 1. The minimum Gasteiger partial charge on any atom is -0.461 e. The quantitative estimate of drug-likeness (QED) is 0.489. The van der Waals surface area contributed by atoms with Crippen molar-refractivity contribution < 1.29 is 9.53 Å². The third-order valence-electron chi connectivity index (χ3n) is 6.50. The molecule has 1 aliphatic rings. The van der Waals surface area contributed by atoms with E-state index < -0.39 is 0 Å². The minimum atomic E-state index is -0.170. The summed E-state index contributed by atoms with van der Waals surface area (Å²) in [6.07, 6.45) is 3.34. The maximum absolute atomic E-state index is 13.1. The molecule has 1 saturated carbocycles. The summed E-state index contributed by atoms with van der Waals surface area (Å²) in [6, 6.07) is 16.3. The predicted octanol–water partition coefficient (Wildman–Crippen LogP) is 6.02. The first-order valence-corrected chi connectivity index (χ1v) is 11.1. The maximum atomic E-state index is 13.1. The van der Waals surface area contributed by atoms with E-state index >= 15 is 0 Å². The molecule has 1 fully saturated rings. The normalized spacial score (nSPS) is 21.8. The number of carbonyl (C=O) groups excluding carboxylic acids is 1. The second-order valence-electron chi connectivity index (χ2n) is 9.23. The summed E-state index contributed by atoms with van der Waals surface area (Å²) in [6.45, 7) is 8.98. The molecule has 0 saturated heterocycles. The van der Waals surface area contributed by atoms with Gasteiger partial charge in [0.25, 0.3) is 0 Å². The molecule has 4 rings (SSSR count). The van der Waals surface area contributed by atoms with Crippen molar-refractivity contribution in [1.29, 1.82) is 0 Å². The smallest absolute Gasteiger partial charge is 0.326 e. The molecular formula is C26H32N2O2. The third-order valence-corrected chi connectivity index (χ3v) is 6.50. The number of para-hydroxylation sites is 2. The predicted molar refractivity (Wildman–Crippen MR) is 121 cm³/mol. The number of aromatic nitrogens is 2. The fourth-order valence-corrected chi connectivity index (χ4v) is 4.74. The van der Waals surface area contributed by atoms with Crippen molar-refractivity contribution >= 4 is 17.0 Å². The van der Waals surface area contributed by atoms with Crippen molar-refractivity contribution in [2.75, 3.05) is 0 Å². The van der Waals surface area contributed by atoms with Gasteiger partial charge >= 0.3 is 5.97 Å². The zero-order chi connectivity index (χ0) is 21.3. The molecule has 0 bridgehead atoms. The van der Waals surface area contributed by atoms with Crippen molar-refractivity contribution in [3.05, 3.63) is 54.1 Å². The molecule has 30 heavy (non-hydrogen) atoms. The maximum Gasteiger partial charge on any atom is 0.326 e. The molecule has 2 aromatic carbocycles. The van der Waals surface area contributed by atoms with Crippen LogP contribution in [0, 0.1) is 24.7 Å². The lowest BCUT2D eigenvalue weighted by atomic mass is 9.75. The molecular weight excluding hydrogens is 372 g/mol. The number of nitrogens with zero attached hydrogens (tertiary/aromatic N) is 2. The van der Waals surface area contributed by atoms with Crippen LogP contribution in [0.2, 0.25) is 0 Å². The second kappa shape index (κ2) is 8.63. The lowest BCUT2D eigenvalue weighted by Gasteiger charge is -2.36. The van der Waals surface area contributed by atoms with Crippen LogP contribution in [-0.2, 0) is 16.1 Å². The number of imidazole rings is 1. The highest BCUT2D eigenvalue weighted by Crippen LogP contribution is 2.35. The van der Waals surface area contributed by atoms with Gasteiger partial charge in [-0.2, -0.15) is 0 Å². The summed E-state index contributed by atoms with van der Waals surface area (Å²) in [4.78, 5) is 17.9. The van der Waals surface area contributed by atoms with Crippen molar-refractivity contribution in [2.45, 2.75) is 59.6 Å². The summed E-state index contributed by atoms with van der Waals surface area (Å²) in [5.74, 6) is 2.21. The molecule has 1 unspecified atom stereocenters. The Hall–Kier alpha value is -2.62. The fourth-order valence-electron chi connectivity index (χ4n) is 4.74. The van der Waals surface area contributed by atoms with Crippen molar-refractivity contribution in [3.63, 3.8) is 0 Å². The first kappa shape index (κ1) is 20.6. The molecule has 0 radical (unpaired) electrons. The molecule has 0 spiro atoms. The summed E-state index contributed by atoms with van der Waals surface area (Å²) in [5.41, 5.74) is 4.07. The third kappa shape index (κ3) is 4.28. The molecule has 0 aliphatic heterocycles. The Morgan fingerprint density at radius 1 is 1.13 bits per heavy atom. The Balaban J connectivity index is 1.62. The summed E-state index contributed by atoms with van der Waals surface area (Å²) in [7, 11) is 0. The number of ether oxygens (including phenoxy) is 1. The van der Waals surface area contributed by atoms with Gasteiger partial charge in [0.05, 0.1) is 11.0 Å². The second-order valence-corrected chi connectivity index (χ2v) is 9.23. The van der Waals surface area contributed by atoms with E-state index in [0.29, 0.717) is 17.8 Å².